The molecule has 1 unspecified atom stereocenters. The molecular formula is C12H21NO5. The lowest BCUT2D eigenvalue weighted by molar-refractivity contribution is -0.147. The van der Waals surface area contributed by atoms with E-state index in [1.54, 1.807) is 0 Å². The first-order valence-electron chi connectivity index (χ1n) is 6.28. The van der Waals surface area contributed by atoms with Crippen LogP contribution in [-0.2, 0) is 23.8 Å². The Morgan fingerprint density at radius 2 is 2.11 bits per heavy atom. The zero-order chi connectivity index (χ0) is 13.2. The first kappa shape index (κ1) is 14.9. The van der Waals surface area contributed by atoms with Crippen LogP contribution in [0.5, 0.6) is 0 Å². The molecule has 1 atom stereocenters. The molecule has 1 saturated heterocycles. The second-order valence-corrected chi connectivity index (χ2v) is 4.11. The summed E-state index contributed by atoms with van der Waals surface area (Å²) in [5.41, 5.74) is 0. The molecule has 0 aliphatic carbocycles. The maximum Gasteiger partial charge on any atom is 0.305 e. The fourth-order valence-corrected chi connectivity index (χ4v) is 1.64. The summed E-state index contributed by atoms with van der Waals surface area (Å²) < 4.78 is 15.0. The van der Waals surface area contributed by atoms with E-state index in [2.05, 4.69) is 10.1 Å². The molecule has 0 spiro atoms. The standard InChI is InChI=1S/C12H21NO5/c1-16-11(14)5-3-2-4-6-13-12(15)10-9-17-7-8-18-10/h10H,2-9H2,1H3,(H,13,15). The maximum absolute atomic E-state index is 11.6. The Morgan fingerprint density at radius 1 is 1.28 bits per heavy atom. The summed E-state index contributed by atoms with van der Waals surface area (Å²) in [5.74, 6) is -0.311. The van der Waals surface area contributed by atoms with E-state index in [-0.39, 0.29) is 11.9 Å². The SMILES string of the molecule is COC(=O)CCCCCNC(=O)C1COCCO1. The molecule has 0 radical (unpaired) electrons. The molecule has 1 amide bonds. The molecule has 0 bridgehead atoms. The number of ether oxygens (including phenoxy) is 3. The smallest absolute Gasteiger partial charge is 0.305 e. The van der Waals surface area contributed by atoms with Gasteiger partial charge in [-0.3, -0.25) is 9.59 Å². The normalized spacial score (nSPS) is 19.3. The maximum atomic E-state index is 11.6. The first-order chi connectivity index (χ1) is 8.74. The van der Waals surface area contributed by atoms with Crippen molar-refractivity contribution in [1.82, 2.24) is 5.32 Å². The van der Waals surface area contributed by atoms with Crippen LogP contribution < -0.4 is 5.32 Å². The van der Waals surface area contributed by atoms with E-state index in [0.29, 0.717) is 32.8 Å². The van der Waals surface area contributed by atoms with Gasteiger partial charge in [-0.2, -0.15) is 0 Å². The van der Waals surface area contributed by atoms with Crippen molar-refractivity contribution in [3.63, 3.8) is 0 Å². The van der Waals surface area contributed by atoms with Gasteiger partial charge >= 0.3 is 5.97 Å². The number of hydrogen-bond acceptors (Lipinski definition) is 5. The van der Waals surface area contributed by atoms with Gasteiger partial charge in [0.15, 0.2) is 6.10 Å². The van der Waals surface area contributed by atoms with E-state index in [4.69, 9.17) is 9.47 Å². The zero-order valence-electron chi connectivity index (χ0n) is 10.8. The molecule has 0 aromatic carbocycles. The van der Waals surface area contributed by atoms with Crippen LogP contribution in [0.15, 0.2) is 0 Å². The lowest BCUT2D eigenvalue weighted by Crippen LogP contribution is -2.43. The van der Waals surface area contributed by atoms with Crippen LogP contribution in [0.1, 0.15) is 25.7 Å². The van der Waals surface area contributed by atoms with Crippen molar-refractivity contribution in [1.29, 1.82) is 0 Å². The van der Waals surface area contributed by atoms with E-state index in [1.807, 2.05) is 0 Å². The van der Waals surface area contributed by atoms with Crippen molar-refractivity contribution in [3.05, 3.63) is 0 Å². The molecule has 6 nitrogen and oxygen atoms in total. The highest BCUT2D eigenvalue weighted by molar-refractivity contribution is 5.80. The highest BCUT2D eigenvalue weighted by Gasteiger charge is 2.21. The van der Waals surface area contributed by atoms with Gasteiger partial charge in [0.2, 0.25) is 0 Å². The number of unbranched alkanes of at least 4 members (excludes halogenated alkanes) is 2. The second-order valence-electron chi connectivity index (χ2n) is 4.11. The van der Waals surface area contributed by atoms with Crippen molar-refractivity contribution in [2.75, 3.05) is 33.5 Å². The summed E-state index contributed by atoms with van der Waals surface area (Å²) in [5, 5.41) is 2.79. The summed E-state index contributed by atoms with van der Waals surface area (Å²) in [6.07, 6.45) is 2.47. The summed E-state index contributed by atoms with van der Waals surface area (Å²) in [4.78, 5) is 22.4. The Bertz CT molecular complexity index is 263. The number of hydrogen-bond donors (Lipinski definition) is 1. The Kier molecular flexibility index (Phi) is 7.36. The molecule has 1 N–H and O–H groups in total. The van der Waals surface area contributed by atoms with Crippen LogP contribution in [0.25, 0.3) is 0 Å². The zero-order valence-corrected chi connectivity index (χ0v) is 10.8. The van der Waals surface area contributed by atoms with Crippen molar-refractivity contribution >= 4 is 11.9 Å². The fraction of sp³-hybridized carbons (Fsp3) is 0.833. The van der Waals surface area contributed by atoms with E-state index >= 15 is 0 Å². The average molecular weight is 259 g/mol. The molecule has 1 fully saturated rings. The third kappa shape index (κ3) is 5.97. The van der Waals surface area contributed by atoms with Crippen LogP contribution in [-0.4, -0.2) is 51.5 Å². The van der Waals surface area contributed by atoms with Gasteiger partial charge in [0.1, 0.15) is 0 Å². The van der Waals surface area contributed by atoms with E-state index in [1.165, 1.54) is 7.11 Å². The lowest BCUT2D eigenvalue weighted by Gasteiger charge is -2.21. The Morgan fingerprint density at radius 3 is 2.78 bits per heavy atom. The van der Waals surface area contributed by atoms with Gasteiger partial charge in [-0.15, -0.1) is 0 Å². The van der Waals surface area contributed by atoms with E-state index < -0.39 is 6.10 Å². The summed E-state index contributed by atoms with van der Waals surface area (Å²) >= 11 is 0. The van der Waals surface area contributed by atoms with Crippen LogP contribution in [0, 0.1) is 0 Å². The predicted octanol–water partition coefficient (Wildman–Crippen LogP) is 0.251. The Hall–Kier alpha value is -1.14. The highest BCUT2D eigenvalue weighted by atomic mass is 16.6. The van der Waals surface area contributed by atoms with Crippen LogP contribution in [0.2, 0.25) is 0 Å². The number of methoxy groups -OCH3 is 1. The average Bonchev–Trinajstić information content (AvgIpc) is 2.43. The first-order valence-corrected chi connectivity index (χ1v) is 6.28. The summed E-state index contributed by atoms with van der Waals surface area (Å²) in [6.45, 7) is 1.95. The molecular weight excluding hydrogens is 238 g/mol. The largest absolute Gasteiger partial charge is 0.469 e. The molecule has 104 valence electrons. The second kappa shape index (κ2) is 8.88. The Balaban J connectivity index is 1.96. The van der Waals surface area contributed by atoms with Crippen LogP contribution in [0.3, 0.4) is 0 Å². The van der Waals surface area contributed by atoms with Crippen molar-refractivity contribution in [2.45, 2.75) is 31.8 Å². The van der Waals surface area contributed by atoms with Gasteiger partial charge in [0.25, 0.3) is 5.91 Å². The number of amides is 1. The monoisotopic (exact) mass is 259 g/mol. The van der Waals surface area contributed by atoms with E-state index in [9.17, 15) is 9.59 Å². The summed E-state index contributed by atoms with van der Waals surface area (Å²) in [6, 6.07) is 0. The number of rotatable bonds is 7. The predicted molar refractivity (Wildman–Crippen MR) is 64.1 cm³/mol. The minimum atomic E-state index is -0.478. The summed E-state index contributed by atoms with van der Waals surface area (Å²) in [7, 11) is 1.38. The van der Waals surface area contributed by atoms with Gasteiger partial charge in [-0.25, -0.2) is 0 Å². The topological polar surface area (TPSA) is 73.9 Å². The third-order valence-corrected chi connectivity index (χ3v) is 2.69. The number of esters is 1. The number of carbonyl (C=O) groups excluding carboxylic acids is 2. The third-order valence-electron chi connectivity index (χ3n) is 2.69. The molecule has 18 heavy (non-hydrogen) atoms. The fourth-order valence-electron chi connectivity index (χ4n) is 1.64. The molecule has 6 heteroatoms. The van der Waals surface area contributed by atoms with E-state index in [0.717, 1.165) is 19.3 Å². The Labute approximate surface area is 107 Å². The minimum Gasteiger partial charge on any atom is -0.469 e. The molecule has 1 aliphatic heterocycles. The van der Waals surface area contributed by atoms with Crippen LogP contribution >= 0.6 is 0 Å². The quantitative estimate of drug-likeness (QED) is 0.524. The molecule has 1 aliphatic rings. The number of carbonyl (C=O) groups is 2. The molecule has 1 rings (SSSR count). The van der Waals surface area contributed by atoms with Gasteiger partial charge in [-0.05, 0) is 12.8 Å². The molecule has 1 heterocycles. The minimum absolute atomic E-state index is 0.123. The van der Waals surface area contributed by atoms with Gasteiger partial charge in [0.05, 0.1) is 26.9 Å². The van der Waals surface area contributed by atoms with Gasteiger partial charge < -0.3 is 19.5 Å². The molecule has 0 aromatic rings. The number of nitrogens with one attached hydrogen (secondary N) is 1. The van der Waals surface area contributed by atoms with Gasteiger partial charge in [-0.1, -0.05) is 6.42 Å². The van der Waals surface area contributed by atoms with Crippen molar-refractivity contribution < 1.29 is 23.8 Å². The molecule has 0 saturated carbocycles. The van der Waals surface area contributed by atoms with Crippen LogP contribution in [0.4, 0.5) is 0 Å². The van der Waals surface area contributed by atoms with Gasteiger partial charge in [0, 0.05) is 13.0 Å². The lowest BCUT2D eigenvalue weighted by atomic mass is 10.2. The van der Waals surface area contributed by atoms with Crippen molar-refractivity contribution in [3.8, 4) is 0 Å². The van der Waals surface area contributed by atoms with Crippen molar-refractivity contribution in [2.24, 2.45) is 0 Å². The highest BCUT2D eigenvalue weighted by Crippen LogP contribution is 2.02. The molecule has 0 aromatic heterocycles.